The molecule has 0 amide bonds. The summed E-state index contributed by atoms with van der Waals surface area (Å²) in [6.45, 7) is 7.70. The van der Waals surface area contributed by atoms with Crippen LogP contribution in [0.2, 0.25) is 0 Å². The van der Waals surface area contributed by atoms with Crippen LogP contribution in [0, 0.1) is 0 Å². The number of hydrogen-bond donors (Lipinski definition) is 0. The summed E-state index contributed by atoms with van der Waals surface area (Å²) in [5, 5.41) is 0. The quantitative estimate of drug-likeness (QED) is 0.0348. The van der Waals surface area contributed by atoms with Gasteiger partial charge in [0.15, 0.2) is 6.10 Å². The maximum absolute atomic E-state index is 12.7. The lowest BCUT2D eigenvalue weighted by atomic mass is 10.1. The molecular formula is C53H94O5. The second-order valence-corrected chi connectivity index (χ2v) is 16.4. The Morgan fingerprint density at radius 3 is 1.22 bits per heavy atom. The fourth-order valence-electron chi connectivity index (χ4n) is 6.71. The van der Waals surface area contributed by atoms with Gasteiger partial charge in [-0.05, 0) is 96.3 Å². The molecule has 58 heavy (non-hydrogen) atoms. The third-order valence-corrected chi connectivity index (χ3v) is 10.5. The summed E-state index contributed by atoms with van der Waals surface area (Å²) >= 11 is 0. The van der Waals surface area contributed by atoms with Crippen molar-refractivity contribution in [1.29, 1.82) is 0 Å². The van der Waals surface area contributed by atoms with Crippen molar-refractivity contribution in [3.8, 4) is 0 Å². The predicted molar refractivity (Wildman–Crippen MR) is 251 cm³/mol. The van der Waals surface area contributed by atoms with Crippen LogP contribution < -0.4 is 0 Å². The topological polar surface area (TPSA) is 61.8 Å². The highest BCUT2D eigenvalue weighted by molar-refractivity contribution is 5.70. The minimum absolute atomic E-state index is 0.0729. The summed E-state index contributed by atoms with van der Waals surface area (Å²) in [6.07, 6.45) is 60.8. The number of unbranched alkanes of at least 4 members (excludes halogenated alkanes) is 24. The molecule has 0 saturated heterocycles. The SMILES string of the molecule is CCCC/C=C\CCCCCCCC(=O)OCC(COCCCCCCCCC/C=C\C/C=C\C/C=C\CCCCC)OC(=O)CCCCCCC/C=C\CCCC. The minimum Gasteiger partial charge on any atom is -0.462 e. The number of carbonyl (C=O) groups is 2. The van der Waals surface area contributed by atoms with Crippen molar-refractivity contribution in [2.75, 3.05) is 19.8 Å². The van der Waals surface area contributed by atoms with E-state index >= 15 is 0 Å². The van der Waals surface area contributed by atoms with E-state index in [2.05, 4.69) is 81.5 Å². The van der Waals surface area contributed by atoms with Gasteiger partial charge in [-0.2, -0.15) is 0 Å². The zero-order valence-electron chi connectivity index (χ0n) is 38.6. The Morgan fingerprint density at radius 1 is 0.379 bits per heavy atom. The van der Waals surface area contributed by atoms with E-state index in [0.717, 1.165) is 77.0 Å². The molecular weight excluding hydrogens is 717 g/mol. The van der Waals surface area contributed by atoms with Crippen molar-refractivity contribution < 1.29 is 23.8 Å². The number of hydrogen-bond acceptors (Lipinski definition) is 5. The molecule has 0 fully saturated rings. The highest BCUT2D eigenvalue weighted by Crippen LogP contribution is 2.13. The maximum Gasteiger partial charge on any atom is 0.306 e. The molecule has 1 unspecified atom stereocenters. The number of rotatable bonds is 45. The normalized spacial score (nSPS) is 12.7. The van der Waals surface area contributed by atoms with E-state index in [-0.39, 0.29) is 25.2 Å². The smallest absolute Gasteiger partial charge is 0.306 e. The van der Waals surface area contributed by atoms with Gasteiger partial charge in [-0.15, -0.1) is 0 Å². The Bertz CT molecular complexity index is 1010. The Balaban J connectivity index is 4.23. The van der Waals surface area contributed by atoms with Gasteiger partial charge in [0.25, 0.3) is 0 Å². The lowest BCUT2D eigenvalue weighted by molar-refractivity contribution is -0.163. The molecule has 0 aliphatic heterocycles. The average molecular weight is 811 g/mol. The standard InChI is InChI=1S/C53H94O5/c1-4-7-10-13-16-19-22-23-24-25-26-27-28-29-30-33-36-39-42-45-48-56-49-51(58-53(55)47-44-41-38-35-32-21-18-15-12-9-6-3)50-57-52(54)46-43-40-37-34-31-20-17-14-11-8-5-2/h14-19,23-24,26-27,51H,4-13,20-22,25,28-50H2,1-3H3/b17-14-,18-15-,19-16-,24-23-,27-26-. The fraction of sp³-hybridized carbons (Fsp3) is 0.774. The molecule has 0 spiro atoms. The van der Waals surface area contributed by atoms with Gasteiger partial charge in [0, 0.05) is 19.4 Å². The molecule has 0 aromatic rings. The monoisotopic (exact) mass is 811 g/mol. The van der Waals surface area contributed by atoms with Crippen molar-refractivity contribution in [2.24, 2.45) is 0 Å². The molecule has 5 heteroatoms. The molecule has 0 radical (unpaired) electrons. The van der Waals surface area contributed by atoms with Gasteiger partial charge >= 0.3 is 11.9 Å². The van der Waals surface area contributed by atoms with Crippen LogP contribution in [0.5, 0.6) is 0 Å². The third kappa shape index (κ3) is 46.3. The molecule has 1 atom stereocenters. The van der Waals surface area contributed by atoms with Gasteiger partial charge in [0.1, 0.15) is 6.61 Å². The fourth-order valence-corrected chi connectivity index (χ4v) is 6.71. The Labute approximate surface area is 360 Å². The van der Waals surface area contributed by atoms with Gasteiger partial charge in [-0.1, -0.05) is 191 Å². The highest BCUT2D eigenvalue weighted by Gasteiger charge is 2.17. The van der Waals surface area contributed by atoms with E-state index in [1.165, 1.54) is 128 Å². The molecule has 0 aromatic carbocycles. The van der Waals surface area contributed by atoms with Crippen molar-refractivity contribution >= 4 is 11.9 Å². The molecule has 336 valence electrons. The number of ether oxygens (including phenoxy) is 3. The van der Waals surface area contributed by atoms with Crippen LogP contribution in [0.25, 0.3) is 0 Å². The van der Waals surface area contributed by atoms with Gasteiger partial charge in [0.2, 0.25) is 0 Å². The zero-order valence-corrected chi connectivity index (χ0v) is 38.6. The molecule has 5 nitrogen and oxygen atoms in total. The van der Waals surface area contributed by atoms with E-state index < -0.39 is 6.10 Å². The molecule has 0 saturated carbocycles. The van der Waals surface area contributed by atoms with Gasteiger partial charge < -0.3 is 14.2 Å². The number of carbonyl (C=O) groups excluding carboxylic acids is 2. The van der Waals surface area contributed by atoms with Crippen LogP contribution in [-0.2, 0) is 23.8 Å². The van der Waals surface area contributed by atoms with E-state index in [9.17, 15) is 9.59 Å². The summed E-state index contributed by atoms with van der Waals surface area (Å²) in [7, 11) is 0. The van der Waals surface area contributed by atoms with E-state index in [1.54, 1.807) is 0 Å². The van der Waals surface area contributed by atoms with E-state index in [1.807, 2.05) is 0 Å². The first-order valence-corrected chi connectivity index (χ1v) is 24.8. The number of esters is 2. The zero-order chi connectivity index (χ0) is 42.1. The Hall–Kier alpha value is -2.40. The highest BCUT2D eigenvalue weighted by atomic mass is 16.6. The van der Waals surface area contributed by atoms with Crippen LogP contribution in [0.3, 0.4) is 0 Å². The summed E-state index contributed by atoms with van der Waals surface area (Å²) in [6, 6.07) is 0. The predicted octanol–water partition coefficient (Wildman–Crippen LogP) is 16.6. The van der Waals surface area contributed by atoms with Gasteiger partial charge in [-0.3, -0.25) is 9.59 Å². The Morgan fingerprint density at radius 2 is 0.741 bits per heavy atom. The van der Waals surface area contributed by atoms with E-state index in [0.29, 0.717) is 19.4 Å². The van der Waals surface area contributed by atoms with Crippen LogP contribution in [0.1, 0.15) is 239 Å². The van der Waals surface area contributed by atoms with Crippen molar-refractivity contribution in [3.05, 3.63) is 60.8 Å². The Kier molecular flexibility index (Phi) is 46.9. The minimum atomic E-state index is -0.548. The van der Waals surface area contributed by atoms with Crippen molar-refractivity contribution in [2.45, 2.75) is 245 Å². The first kappa shape index (κ1) is 55.6. The summed E-state index contributed by atoms with van der Waals surface area (Å²) < 4.78 is 17.3. The molecule has 0 bridgehead atoms. The lowest BCUT2D eigenvalue weighted by Crippen LogP contribution is -2.30. The van der Waals surface area contributed by atoms with Gasteiger partial charge in [-0.25, -0.2) is 0 Å². The number of allylic oxidation sites excluding steroid dienone is 10. The van der Waals surface area contributed by atoms with Crippen molar-refractivity contribution in [3.63, 3.8) is 0 Å². The lowest BCUT2D eigenvalue weighted by Gasteiger charge is -2.18. The summed E-state index contributed by atoms with van der Waals surface area (Å²) in [5.41, 5.74) is 0. The first-order chi connectivity index (χ1) is 28.6. The molecule has 0 heterocycles. The summed E-state index contributed by atoms with van der Waals surface area (Å²) in [5.74, 6) is -0.423. The molecule has 0 aromatic heterocycles. The molecule has 0 rings (SSSR count). The first-order valence-electron chi connectivity index (χ1n) is 24.8. The van der Waals surface area contributed by atoms with Gasteiger partial charge in [0.05, 0.1) is 6.61 Å². The van der Waals surface area contributed by atoms with Crippen molar-refractivity contribution in [1.82, 2.24) is 0 Å². The largest absolute Gasteiger partial charge is 0.462 e. The molecule has 0 N–H and O–H groups in total. The maximum atomic E-state index is 12.7. The van der Waals surface area contributed by atoms with Crippen LogP contribution >= 0.6 is 0 Å². The average Bonchev–Trinajstić information content (AvgIpc) is 3.22. The molecule has 0 aliphatic rings. The van der Waals surface area contributed by atoms with Crippen LogP contribution in [0.15, 0.2) is 60.8 Å². The van der Waals surface area contributed by atoms with Crippen LogP contribution in [-0.4, -0.2) is 37.9 Å². The summed E-state index contributed by atoms with van der Waals surface area (Å²) in [4.78, 5) is 25.3. The third-order valence-electron chi connectivity index (χ3n) is 10.5. The van der Waals surface area contributed by atoms with Crippen LogP contribution in [0.4, 0.5) is 0 Å². The second-order valence-electron chi connectivity index (χ2n) is 16.4. The molecule has 0 aliphatic carbocycles. The second kappa shape index (κ2) is 49.0. The van der Waals surface area contributed by atoms with E-state index in [4.69, 9.17) is 14.2 Å².